The second kappa shape index (κ2) is 5.70. The summed E-state index contributed by atoms with van der Waals surface area (Å²) >= 11 is 0. The number of pyridine rings is 1. The zero-order valence-corrected chi connectivity index (χ0v) is 13.0. The van der Waals surface area contributed by atoms with Crippen LogP contribution in [0, 0.1) is 0 Å². The van der Waals surface area contributed by atoms with Crippen molar-refractivity contribution in [3.63, 3.8) is 0 Å². The number of aromatic nitrogens is 1. The van der Waals surface area contributed by atoms with E-state index in [2.05, 4.69) is 35.3 Å². The van der Waals surface area contributed by atoms with Gasteiger partial charge in [0.05, 0.1) is 0 Å². The molecule has 0 amide bonds. The maximum Gasteiger partial charge on any atom is 0.150 e. The summed E-state index contributed by atoms with van der Waals surface area (Å²) in [4.78, 5) is 4.08. The van der Waals surface area contributed by atoms with Gasteiger partial charge in [0.25, 0.3) is 0 Å². The number of fused-ring (bicyclic) bond motifs is 3. The van der Waals surface area contributed by atoms with Crippen molar-refractivity contribution in [3.8, 4) is 16.9 Å². The van der Waals surface area contributed by atoms with Crippen molar-refractivity contribution < 1.29 is 4.74 Å². The number of hydrogen-bond donors (Lipinski definition) is 0. The van der Waals surface area contributed by atoms with Crippen molar-refractivity contribution in [2.24, 2.45) is 0 Å². The average Bonchev–Trinajstić information content (AvgIpc) is 2.55. The predicted molar refractivity (Wildman–Crippen MR) is 88.9 cm³/mol. The van der Waals surface area contributed by atoms with E-state index in [1.165, 1.54) is 11.1 Å². The maximum atomic E-state index is 6.22. The summed E-state index contributed by atoms with van der Waals surface area (Å²) in [5.41, 5.74) is 4.74. The Bertz CT molecular complexity index is 758. The Morgan fingerprint density at radius 3 is 2.24 bits per heavy atom. The summed E-state index contributed by atoms with van der Waals surface area (Å²) in [6.45, 7) is 0. The molecule has 0 N–H and O–H groups in total. The second-order valence-corrected chi connectivity index (χ2v) is 4.86. The molecule has 3 heteroatoms. The van der Waals surface area contributed by atoms with Gasteiger partial charge in [-0.1, -0.05) is 42.5 Å². The first-order chi connectivity index (χ1) is 9.93. The summed E-state index contributed by atoms with van der Waals surface area (Å²) in [5.74, 6) is 0.938. The SMILES string of the molecule is Br.c1ccc2c(c1)OC(c1ccncc1)c1ccccc1-2. The van der Waals surface area contributed by atoms with Crippen LogP contribution in [0.2, 0.25) is 0 Å². The molecule has 1 aliphatic rings. The Hall–Kier alpha value is -2.13. The van der Waals surface area contributed by atoms with Gasteiger partial charge in [-0.3, -0.25) is 4.98 Å². The molecule has 0 saturated heterocycles. The molecule has 0 bridgehead atoms. The molecule has 1 atom stereocenters. The number of rotatable bonds is 1. The van der Waals surface area contributed by atoms with Gasteiger partial charge in [0, 0.05) is 23.5 Å². The molecule has 1 aromatic heterocycles. The van der Waals surface area contributed by atoms with E-state index in [4.69, 9.17) is 4.74 Å². The highest BCUT2D eigenvalue weighted by molar-refractivity contribution is 8.93. The molecule has 0 aliphatic carbocycles. The van der Waals surface area contributed by atoms with Crippen LogP contribution in [0.15, 0.2) is 73.1 Å². The van der Waals surface area contributed by atoms with Crippen molar-refractivity contribution in [3.05, 3.63) is 84.2 Å². The topological polar surface area (TPSA) is 22.1 Å². The fraction of sp³-hybridized carbons (Fsp3) is 0.0556. The third-order valence-electron chi connectivity index (χ3n) is 3.67. The maximum absolute atomic E-state index is 6.22. The van der Waals surface area contributed by atoms with Gasteiger partial charge in [-0.15, -0.1) is 17.0 Å². The van der Waals surface area contributed by atoms with Crippen molar-refractivity contribution in [1.29, 1.82) is 0 Å². The molecule has 104 valence electrons. The Balaban J connectivity index is 0.00000132. The summed E-state index contributed by atoms with van der Waals surface area (Å²) < 4.78 is 6.22. The zero-order valence-electron chi connectivity index (χ0n) is 11.3. The minimum absolute atomic E-state index is 0. The van der Waals surface area contributed by atoms with Crippen molar-refractivity contribution in [1.82, 2.24) is 4.98 Å². The molecule has 1 aliphatic heterocycles. The quantitative estimate of drug-likeness (QED) is 0.634. The summed E-state index contributed by atoms with van der Waals surface area (Å²) in [5, 5.41) is 0. The van der Waals surface area contributed by atoms with Crippen LogP contribution in [0.25, 0.3) is 11.1 Å². The molecule has 3 aromatic rings. The second-order valence-electron chi connectivity index (χ2n) is 4.86. The Morgan fingerprint density at radius 2 is 1.43 bits per heavy atom. The third-order valence-corrected chi connectivity index (χ3v) is 3.67. The Morgan fingerprint density at radius 1 is 0.762 bits per heavy atom. The number of benzene rings is 2. The molecule has 4 rings (SSSR count). The number of para-hydroxylation sites is 1. The van der Waals surface area contributed by atoms with E-state index < -0.39 is 0 Å². The van der Waals surface area contributed by atoms with Crippen LogP contribution < -0.4 is 4.74 Å². The smallest absolute Gasteiger partial charge is 0.150 e. The lowest BCUT2D eigenvalue weighted by atomic mass is 9.90. The summed E-state index contributed by atoms with van der Waals surface area (Å²) in [6, 6.07) is 20.6. The fourth-order valence-electron chi connectivity index (χ4n) is 2.74. The minimum atomic E-state index is -0.0656. The summed E-state index contributed by atoms with van der Waals surface area (Å²) in [7, 11) is 0. The van der Waals surface area contributed by atoms with Gasteiger partial charge in [-0.05, 0) is 29.3 Å². The molecule has 0 saturated carbocycles. The van der Waals surface area contributed by atoms with Gasteiger partial charge in [0.1, 0.15) is 11.9 Å². The highest BCUT2D eigenvalue weighted by Crippen LogP contribution is 2.44. The molecule has 0 radical (unpaired) electrons. The minimum Gasteiger partial charge on any atom is -0.480 e. The van der Waals surface area contributed by atoms with E-state index in [0.29, 0.717) is 0 Å². The van der Waals surface area contributed by atoms with Gasteiger partial charge in [0.2, 0.25) is 0 Å². The summed E-state index contributed by atoms with van der Waals surface area (Å²) in [6.07, 6.45) is 3.55. The Kier molecular flexibility index (Phi) is 3.76. The van der Waals surface area contributed by atoms with Crippen LogP contribution in [-0.4, -0.2) is 4.98 Å². The van der Waals surface area contributed by atoms with E-state index >= 15 is 0 Å². The highest BCUT2D eigenvalue weighted by Gasteiger charge is 2.26. The van der Waals surface area contributed by atoms with Gasteiger partial charge >= 0.3 is 0 Å². The molecular formula is C18H14BrNO. The van der Waals surface area contributed by atoms with Crippen LogP contribution in [-0.2, 0) is 0 Å². The lowest BCUT2D eigenvalue weighted by molar-refractivity contribution is 0.243. The van der Waals surface area contributed by atoms with Gasteiger partial charge in [-0.25, -0.2) is 0 Å². The number of hydrogen-bond acceptors (Lipinski definition) is 2. The lowest BCUT2D eigenvalue weighted by Gasteiger charge is -2.29. The molecular weight excluding hydrogens is 326 g/mol. The van der Waals surface area contributed by atoms with Crippen LogP contribution >= 0.6 is 17.0 Å². The van der Waals surface area contributed by atoms with Crippen molar-refractivity contribution in [2.75, 3.05) is 0 Å². The first-order valence-electron chi connectivity index (χ1n) is 6.68. The van der Waals surface area contributed by atoms with Crippen molar-refractivity contribution >= 4 is 17.0 Å². The van der Waals surface area contributed by atoms with E-state index in [-0.39, 0.29) is 23.1 Å². The first kappa shape index (κ1) is 13.8. The molecule has 21 heavy (non-hydrogen) atoms. The Labute approximate surface area is 134 Å². The van der Waals surface area contributed by atoms with Crippen LogP contribution in [0.5, 0.6) is 5.75 Å². The molecule has 2 nitrogen and oxygen atoms in total. The van der Waals surface area contributed by atoms with E-state index in [9.17, 15) is 0 Å². The van der Waals surface area contributed by atoms with E-state index in [1.807, 2.05) is 42.7 Å². The molecule has 2 aromatic carbocycles. The average molecular weight is 340 g/mol. The predicted octanol–water partition coefficient (Wildman–Crippen LogP) is 4.81. The molecule has 0 spiro atoms. The normalized spacial score (nSPS) is 15.1. The van der Waals surface area contributed by atoms with E-state index in [0.717, 1.165) is 16.9 Å². The largest absolute Gasteiger partial charge is 0.480 e. The van der Waals surface area contributed by atoms with Crippen LogP contribution in [0.1, 0.15) is 17.2 Å². The zero-order chi connectivity index (χ0) is 13.4. The number of ether oxygens (including phenoxy) is 1. The molecule has 2 heterocycles. The van der Waals surface area contributed by atoms with Gasteiger partial charge in [-0.2, -0.15) is 0 Å². The lowest BCUT2D eigenvalue weighted by Crippen LogP contribution is -2.15. The van der Waals surface area contributed by atoms with Gasteiger partial charge < -0.3 is 4.74 Å². The van der Waals surface area contributed by atoms with Crippen molar-refractivity contribution in [2.45, 2.75) is 6.10 Å². The van der Waals surface area contributed by atoms with E-state index in [1.54, 1.807) is 0 Å². The van der Waals surface area contributed by atoms with Crippen LogP contribution in [0.4, 0.5) is 0 Å². The monoisotopic (exact) mass is 339 g/mol. The molecule has 0 fully saturated rings. The number of nitrogens with zero attached hydrogens (tertiary/aromatic N) is 1. The highest BCUT2D eigenvalue weighted by atomic mass is 79.9. The molecule has 1 unspecified atom stereocenters. The third kappa shape index (κ3) is 2.34. The van der Waals surface area contributed by atoms with Gasteiger partial charge in [0.15, 0.2) is 0 Å². The first-order valence-corrected chi connectivity index (χ1v) is 6.68. The number of halogens is 1. The van der Waals surface area contributed by atoms with Crippen LogP contribution in [0.3, 0.4) is 0 Å². The fourth-order valence-corrected chi connectivity index (χ4v) is 2.74. The standard InChI is InChI=1S/C18H13NO.BrH/c1-2-7-16-14(5-1)15-6-3-4-8-17(15)20-18(16)13-9-11-19-12-10-13;/h1-12,18H;1H.